The number of carbonyl (C=O) groups excluding carboxylic acids is 1. The van der Waals surface area contributed by atoms with Gasteiger partial charge in [0.05, 0.1) is 5.56 Å². The fourth-order valence-corrected chi connectivity index (χ4v) is 3.59. The number of amides is 1. The molecule has 2 rings (SSSR count). The molecule has 1 aromatic rings. The summed E-state index contributed by atoms with van der Waals surface area (Å²) in [5.41, 5.74) is 0.656. The predicted molar refractivity (Wildman–Crippen MR) is 82.7 cm³/mol. The highest BCUT2D eigenvalue weighted by Crippen LogP contribution is 2.27. The Hall–Kier alpha value is -0.540. The highest BCUT2D eigenvalue weighted by molar-refractivity contribution is 9.10. The van der Waals surface area contributed by atoms with E-state index in [-0.39, 0.29) is 5.91 Å². The summed E-state index contributed by atoms with van der Waals surface area (Å²) in [6.45, 7) is 2.23. The Morgan fingerprint density at radius 1 is 1.47 bits per heavy atom. The van der Waals surface area contributed by atoms with Crippen LogP contribution in [-0.2, 0) is 0 Å². The standard InChI is InChI=1S/C15H19BrClNO/c1-2-10-4-3-5-12(8-10)18-15(19)13-7-6-11(17)9-14(13)16/h6-7,9-10,12H,2-5,8H2,1H3,(H,18,19). The second-order valence-corrected chi connectivity index (χ2v) is 6.53. The molecule has 0 aromatic heterocycles. The molecule has 1 saturated carbocycles. The maximum Gasteiger partial charge on any atom is 0.252 e. The maximum atomic E-state index is 12.3. The highest BCUT2D eigenvalue weighted by Gasteiger charge is 2.23. The summed E-state index contributed by atoms with van der Waals surface area (Å²) in [5, 5.41) is 3.78. The first-order valence-corrected chi connectivity index (χ1v) is 8.03. The van der Waals surface area contributed by atoms with Crippen LogP contribution < -0.4 is 5.32 Å². The molecule has 1 N–H and O–H groups in total. The summed E-state index contributed by atoms with van der Waals surface area (Å²) in [5.74, 6) is 0.748. The minimum absolute atomic E-state index is 0.00899. The zero-order chi connectivity index (χ0) is 13.8. The fourth-order valence-electron chi connectivity index (χ4n) is 2.73. The van der Waals surface area contributed by atoms with E-state index in [0.29, 0.717) is 16.6 Å². The van der Waals surface area contributed by atoms with Gasteiger partial charge < -0.3 is 5.32 Å². The van der Waals surface area contributed by atoms with Crippen molar-refractivity contribution in [3.05, 3.63) is 33.3 Å². The third-order valence-electron chi connectivity index (χ3n) is 3.87. The average molecular weight is 345 g/mol. The smallest absolute Gasteiger partial charge is 0.252 e. The van der Waals surface area contributed by atoms with Crippen LogP contribution in [0.3, 0.4) is 0 Å². The monoisotopic (exact) mass is 343 g/mol. The molecule has 2 nitrogen and oxygen atoms in total. The van der Waals surface area contributed by atoms with Crippen molar-refractivity contribution in [3.63, 3.8) is 0 Å². The molecule has 0 aliphatic heterocycles. The fraction of sp³-hybridized carbons (Fsp3) is 0.533. The summed E-state index contributed by atoms with van der Waals surface area (Å²) < 4.78 is 0.750. The molecule has 0 heterocycles. The van der Waals surface area contributed by atoms with Crippen LogP contribution >= 0.6 is 27.5 Å². The molecule has 2 atom stereocenters. The van der Waals surface area contributed by atoms with Crippen molar-refractivity contribution in [3.8, 4) is 0 Å². The van der Waals surface area contributed by atoms with Gasteiger partial charge >= 0.3 is 0 Å². The van der Waals surface area contributed by atoms with E-state index in [4.69, 9.17) is 11.6 Å². The van der Waals surface area contributed by atoms with Gasteiger partial charge in [-0.3, -0.25) is 4.79 Å². The number of rotatable bonds is 3. The summed E-state index contributed by atoms with van der Waals surface area (Å²) >= 11 is 9.28. The van der Waals surface area contributed by atoms with E-state index in [2.05, 4.69) is 28.2 Å². The Bertz CT molecular complexity index is 463. The molecule has 4 heteroatoms. The zero-order valence-corrected chi connectivity index (χ0v) is 13.4. The van der Waals surface area contributed by atoms with E-state index in [0.717, 1.165) is 23.2 Å². The van der Waals surface area contributed by atoms with Crippen molar-refractivity contribution in [2.75, 3.05) is 0 Å². The lowest BCUT2D eigenvalue weighted by atomic mass is 9.84. The SMILES string of the molecule is CCC1CCCC(NC(=O)c2ccc(Cl)cc2Br)C1. The van der Waals surface area contributed by atoms with Crippen molar-refractivity contribution < 1.29 is 4.79 Å². The minimum atomic E-state index is -0.00899. The van der Waals surface area contributed by atoms with Gasteiger partial charge in [-0.2, -0.15) is 0 Å². The molecule has 1 fully saturated rings. The summed E-state index contributed by atoms with van der Waals surface area (Å²) in [4.78, 5) is 12.3. The van der Waals surface area contributed by atoms with E-state index in [1.54, 1.807) is 18.2 Å². The minimum Gasteiger partial charge on any atom is -0.349 e. The van der Waals surface area contributed by atoms with Gasteiger partial charge in [0, 0.05) is 15.5 Å². The number of benzene rings is 1. The third kappa shape index (κ3) is 3.96. The lowest BCUT2D eigenvalue weighted by Crippen LogP contribution is -2.38. The first-order valence-electron chi connectivity index (χ1n) is 6.86. The molecule has 1 aromatic carbocycles. The van der Waals surface area contributed by atoms with E-state index >= 15 is 0 Å². The van der Waals surface area contributed by atoms with Crippen LogP contribution in [0.15, 0.2) is 22.7 Å². The quantitative estimate of drug-likeness (QED) is 0.838. The van der Waals surface area contributed by atoms with Crippen LogP contribution in [0.25, 0.3) is 0 Å². The van der Waals surface area contributed by atoms with Crippen molar-refractivity contribution in [1.29, 1.82) is 0 Å². The number of hydrogen-bond donors (Lipinski definition) is 1. The van der Waals surface area contributed by atoms with Crippen LogP contribution in [0.5, 0.6) is 0 Å². The molecule has 19 heavy (non-hydrogen) atoms. The van der Waals surface area contributed by atoms with E-state index < -0.39 is 0 Å². The van der Waals surface area contributed by atoms with Crippen LogP contribution in [0.4, 0.5) is 0 Å². The second kappa shape index (κ2) is 6.76. The van der Waals surface area contributed by atoms with Crippen LogP contribution in [-0.4, -0.2) is 11.9 Å². The largest absolute Gasteiger partial charge is 0.349 e. The van der Waals surface area contributed by atoms with Gasteiger partial charge in [0.1, 0.15) is 0 Å². The summed E-state index contributed by atoms with van der Waals surface area (Å²) in [7, 11) is 0. The Balaban J connectivity index is 2.00. The first kappa shape index (κ1) is 14.9. The zero-order valence-electron chi connectivity index (χ0n) is 11.1. The number of hydrogen-bond acceptors (Lipinski definition) is 1. The van der Waals surface area contributed by atoms with Gasteiger partial charge in [-0.15, -0.1) is 0 Å². The van der Waals surface area contributed by atoms with Crippen molar-refractivity contribution >= 4 is 33.4 Å². The van der Waals surface area contributed by atoms with Crippen LogP contribution in [0.2, 0.25) is 5.02 Å². The van der Waals surface area contributed by atoms with Crippen LogP contribution in [0.1, 0.15) is 49.4 Å². The summed E-state index contributed by atoms with van der Waals surface area (Å²) in [6, 6.07) is 5.58. The van der Waals surface area contributed by atoms with E-state index in [9.17, 15) is 4.79 Å². The molecule has 2 unspecified atom stereocenters. The number of halogens is 2. The average Bonchev–Trinajstić information content (AvgIpc) is 2.38. The molecule has 1 aliphatic carbocycles. The van der Waals surface area contributed by atoms with Crippen molar-refractivity contribution in [2.24, 2.45) is 5.92 Å². The number of carbonyl (C=O) groups is 1. The summed E-state index contributed by atoms with van der Waals surface area (Å²) in [6.07, 6.45) is 5.91. The van der Waals surface area contributed by atoms with Crippen molar-refractivity contribution in [1.82, 2.24) is 5.32 Å². The van der Waals surface area contributed by atoms with Gasteiger partial charge in [-0.1, -0.05) is 37.8 Å². The topological polar surface area (TPSA) is 29.1 Å². The molecule has 1 aliphatic rings. The lowest BCUT2D eigenvalue weighted by molar-refractivity contribution is 0.0918. The third-order valence-corrected chi connectivity index (χ3v) is 4.76. The molecule has 104 valence electrons. The predicted octanol–water partition coefficient (Wildman–Crippen LogP) is 4.80. The molecule has 0 radical (unpaired) electrons. The molecular formula is C15H19BrClNO. The lowest BCUT2D eigenvalue weighted by Gasteiger charge is -2.29. The van der Waals surface area contributed by atoms with Gasteiger partial charge in [0.2, 0.25) is 0 Å². The normalized spacial score (nSPS) is 23.1. The maximum absolute atomic E-state index is 12.3. The van der Waals surface area contributed by atoms with Crippen LogP contribution in [0, 0.1) is 5.92 Å². The molecular weight excluding hydrogens is 326 g/mol. The van der Waals surface area contributed by atoms with Gasteiger partial charge in [-0.25, -0.2) is 0 Å². The molecule has 0 saturated heterocycles. The molecule has 1 amide bonds. The Morgan fingerprint density at radius 3 is 2.95 bits per heavy atom. The van der Waals surface area contributed by atoms with Crippen molar-refractivity contribution in [2.45, 2.75) is 45.1 Å². The van der Waals surface area contributed by atoms with Gasteiger partial charge in [0.25, 0.3) is 5.91 Å². The van der Waals surface area contributed by atoms with Gasteiger partial charge in [0.15, 0.2) is 0 Å². The number of nitrogens with one attached hydrogen (secondary N) is 1. The first-order chi connectivity index (χ1) is 9.10. The highest BCUT2D eigenvalue weighted by atomic mass is 79.9. The Labute approximate surface area is 128 Å². The van der Waals surface area contributed by atoms with Gasteiger partial charge in [-0.05, 0) is 52.9 Å². The second-order valence-electron chi connectivity index (χ2n) is 5.24. The Kier molecular flexibility index (Phi) is 5.28. The van der Waals surface area contributed by atoms with E-state index in [1.807, 2.05) is 0 Å². The Morgan fingerprint density at radius 2 is 2.26 bits per heavy atom. The molecule has 0 spiro atoms. The van der Waals surface area contributed by atoms with E-state index in [1.165, 1.54) is 19.3 Å². The molecule has 0 bridgehead atoms.